The molecule has 0 fully saturated rings. The number of thiophene rings is 1. The van der Waals surface area contributed by atoms with E-state index in [1.807, 2.05) is 30.5 Å². The van der Waals surface area contributed by atoms with E-state index in [9.17, 15) is 9.18 Å². The number of rotatable bonds is 4. The monoisotopic (exact) mass is 366 g/mol. The van der Waals surface area contributed by atoms with Crippen LogP contribution in [0.5, 0.6) is 0 Å². The number of carbonyl (C=O) groups excluding carboxylic acids is 1. The molecule has 0 unspecified atom stereocenters. The van der Waals surface area contributed by atoms with Gasteiger partial charge in [-0.25, -0.2) is 13.9 Å². The Kier molecular flexibility index (Phi) is 4.22. The van der Waals surface area contributed by atoms with Crippen molar-refractivity contribution in [1.29, 1.82) is 0 Å². The molecule has 0 aliphatic heterocycles. The highest BCUT2D eigenvalue weighted by atomic mass is 32.1. The Morgan fingerprint density at radius 2 is 2.08 bits per heavy atom. The first-order valence-electron chi connectivity index (χ1n) is 8.05. The van der Waals surface area contributed by atoms with Gasteiger partial charge < -0.3 is 5.32 Å². The summed E-state index contributed by atoms with van der Waals surface area (Å²) in [7, 11) is 0. The minimum atomic E-state index is -0.349. The third-order valence-corrected chi connectivity index (χ3v) is 4.90. The molecular formula is C19H15FN4OS. The molecule has 0 atom stereocenters. The van der Waals surface area contributed by atoms with Crippen LogP contribution >= 0.6 is 11.3 Å². The van der Waals surface area contributed by atoms with E-state index in [0.29, 0.717) is 11.2 Å². The van der Waals surface area contributed by atoms with Crippen molar-refractivity contribution in [2.75, 3.05) is 0 Å². The van der Waals surface area contributed by atoms with Crippen LogP contribution in [0.3, 0.4) is 0 Å². The van der Waals surface area contributed by atoms with Crippen molar-refractivity contribution >= 4 is 22.9 Å². The van der Waals surface area contributed by atoms with Gasteiger partial charge in [0.05, 0.1) is 4.88 Å². The third kappa shape index (κ3) is 3.09. The minimum Gasteiger partial charge on any atom is -0.347 e. The number of benzene rings is 1. The molecule has 0 aliphatic rings. The van der Waals surface area contributed by atoms with Gasteiger partial charge in [-0.15, -0.1) is 11.3 Å². The fourth-order valence-electron chi connectivity index (χ4n) is 2.69. The zero-order valence-corrected chi connectivity index (χ0v) is 14.8. The highest BCUT2D eigenvalue weighted by molar-refractivity contribution is 7.13. The molecule has 1 N–H and O–H groups in total. The summed E-state index contributed by atoms with van der Waals surface area (Å²) in [5, 5.41) is 9.24. The predicted octanol–water partition coefficient (Wildman–Crippen LogP) is 3.84. The van der Waals surface area contributed by atoms with Crippen molar-refractivity contribution in [1.82, 2.24) is 19.9 Å². The molecule has 7 heteroatoms. The molecule has 4 aromatic rings. The maximum absolute atomic E-state index is 13.7. The highest BCUT2D eigenvalue weighted by Crippen LogP contribution is 2.24. The number of aromatic nitrogens is 3. The third-order valence-electron chi connectivity index (χ3n) is 4.01. The number of fused-ring (bicyclic) bond motifs is 1. The second kappa shape index (κ2) is 6.68. The summed E-state index contributed by atoms with van der Waals surface area (Å²) in [5.41, 5.74) is 2.93. The molecule has 0 saturated heterocycles. The maximum atomic E-state index is 13.7. The molecule has 0 spiro atoms. The van der Waals surface area contributed by atoms with Crippen molar-refractivity contribution in [3.8, 4) is 10.6 Å². The van der Waals surface area contributed by atoms with Crippen molar-refractivity contribution in [2.45, 2.75) is 13.5 Å². The van der Waals surface area contributed by atoms with E-state index >= 15 is 0 Å². The summed E-state index contributed by atoms with van der Waals surface area (Å²) < 4.78 is 15.4. The van der Waals surface area contributed by atoms with Gasteiger partial charge in [-0.05, 0) is 30.5 Å². The number of carbonyl (C=O) groups is 1. The van der Waals surface area contributed by atoms with Crippen molar-refractivity contribution < 1.29 is 9.18 Å². The molecule has 0 radical (unpaired) electrons. The number of nitrogens with zero attached hydrogens (tertiary/aromatic N) is 3. The van der Waals surface area contributed by atoms with Crippen molar-refractivity contribution in [3.63, 3.8) is 0 Å². The Bertz CT molecular complexity index is 1090. The molecule has 26 heavy (non-hydrogen) atoms. The molecule has 0 bridgehead atoms. The van der Waals surface area contributed by atoms with E-state index in [1.165, 1.54) is 6.07 Å². The molecule has 0 saturated carbocycles. The van der Waals surface area contributed by atoms with E-state index in [2.05, 4.69) is 15.4 Å². The zero-order valence-electron chi connectivity index (χ0n) is 13.9. The number of hydrogen-bond donors (Lipinski definition) is 1. The summed E-state index contributed by atoms with van der Waals surface area (Å²) in [5.74, 6) is -0.693. The smallest absolute Gasteiger partial charge is 0.270 e. The molecule has 4 rings (SSSR count). The fraction of sp³-hybridized carbons (Fsp3) is 0.105. The SMILES string of the molecule is Cc1cc(C(=O)NCc2ccccc2F)nc2cc(-c3cccs3)nn12. The van der Waals surface area contributed by atoms with E-state index in [0.717, 1.165) is 16.3 Å². The van der Waals surface area contributed by atoms with Crippen LogP contribution in [-0.4, -0.2) is 20.5 Å². The molecule has 1 aromatic carbocycles. The Balaban J connectivity index is 1.60. The van der Waals surface area contributed by atoms with Crippen LogP contribution in [0, 0.1) is 12.7 Å². The summed E-state index contributed by atoms with van der Waals surface area (Å²) in [6.45, 7) is 1.98. The Morgan fingerprint density at radius 1 is 1.23 bits per heavy atom. The van der Waals surface area contributed by atoms with Gasteiger partial charge >= 0.3 is 0 Å². The van der Waals surface area contributed by atoms with Gasteiger partial charge in [0, 0.05) is 23.9 Å². The number of hydrogen-bond acceptors (Lipinski definition) is 4. The molecule has 130 valence electrons. The molecular weight excluding hydrogens is 351 g/mol. The average Bonchev–Trinajstić information content (AvgIpc) is 3.30. The van der Waals surface area contributed by atoms with Gasteiger partial charge in [-0.1, -0.05) is 24.3 Å². The quantitative estimate of drug-likeness (QED) is 0.597. The lowest BCUT2D eigenvalue weighted by Crippen LogP contribution is -2.24. The first-order chi connectivity index (χ1) is 12.6. The predicted molar refractivity (Wildman–Crippen MR) is 98.6 cm³/mol. The lowest BCUT2D eigenvalue weighted by molar-refractivity contribution is 0.0945. The molecule has 0 aliphatic carbocycles. The lowest BCUT2D eigenvalue weighted by Gasteiger charge is -2.07. The number of halogens is 1. The second-order valence-electron chi connectivity index (χ2n) is 5.83. The Labute approximate surface area is 153 Å². The number of amides is 1. The second-order valence-corrected chi connectivity index (χ2v) is 6.78. The number of aryl methyl sites for hydroxylation is 1. The highest BCUT2D eigenvalue weighted by Gasteiger charge is 2.14. The van der Waals surface area contributed by atoms with Crippen LogP contribution in [0.2, 0.25) is 0 Å². The average molecular weight is 366 g/mol. The Morgan fingerprint density at radius 3 is 2.85 bits per heavy atom. The topological polar surface area (TPSA) is 59.3 Å². The molecule has 1 amide bonds. The van der Waals surface area contributed by atoms with Gasteiger partial charge in [0.15, 0.2) is 5.65 Å². The van der Waals surface area contributed by atoms with Crippen LogP contribution in [0.1, 0.15) is 21.7 Å². The van der Waals surface area contributed by atoms with Crippen LogP contribution < -0.4 is 5.32 Å². The Hall–Kier alpha value is -3.06. The van der Waals surface area contributed by atoms with E-state index in [-0.39, 0.29) is 24.0 Å². The summed E-state index contributed by atoms with van der Waals surface area (Å²) in [4.78, 5) is 17.9. The van der Waals surface area contributed by atoms with Crippen molar-refractivity contribution in [2.24, 2.45) is 0 Å². The molecule has 5 nitrogen and oxygen atoms in total. The van der Waals surface area contributed by atoms with Gasteiger partial charge in [0.1, 0.15) is 17.2 Å². The van der Waals surface area contributed by atoms with Crippen molar-refractivity contribution in [3.05, 3.63) is 76.7 Å². The van der Waals surface area contributed by atoms with Gasteiger partial charge in [-0.2, -0.15) is 5.10 Å². The summed E-state index contributed by atoms with van der Waals surface area (Å²) in [6, 6.07) is 13.8. The van der Waals surface area contributed by atoms with E-state index in [4.69, 9.17) is 0 Å². The zero-order chi connectivity index (χ0) is 18.1. The summed E-state index contributed by atoms with van der Waals surface area (Å²) in [6.07, 6.45) is 0. The number of nitrogens with one attached hydrogen (secondary N) is 1. The summed E-state index contributed by atoms with van der Waals surface area (Å²) >= 11 is 1.60. The van der Waals surface area contributed by atoms with E-state index in [1.54, 1.807) is 40.1 Å². The minimum absolute atomic E-state index is 0.108. The van der Waals surface area contributed by atoms with Crippen LogP contribution in [0.15, 0.2) is 53.9 Å². The van der Waals surface area contributed by atoms with Gasteiger partial charge in [0.25, 0.3) is 5.91 Å². The molecule has 3 aromatic heterocycles. The normalized spacial score (nSPS) is 11.0. The standard InChI is InChI=1S/C19H15FN4OS/c1-12-9-16(19(25)21-11-13-5-2-3-6-14(13)20)22-18-10-15(23-24(12)18)17-7-4-8-26-17/h2-10H,11H2,1H3,(H,21,25). The largest absolute Gasteiger partial charge is 0.347 e. The first kappa shape index (κ1) is 16.4. The van der Waals surface area contributed by atoms with Gasteiger partial charge in [0.2, 0.25) is 0 Å². The maximum Gasteiger partial charge on any atom is 0.270 e. The van der Waals surface area contributed by atoms with Crippen LogP contribution in [-0.2, 0) is 6.54 Å². The first-order valence-corrected chi connectivity index (χ1v) is 8.93. The van der Waals surface area contributed by atoms with Gasteiger partial charge in [-0.3, -0.25) is 4.79 Å². The molecule has 3 heterocycles. The lowest BCUT2D eigenvalue weighted by atomic mass is 10.2. The fourth-order valence-corrected chi connectivity index (χ4v) is 3.38. The van der Waals surface area contributed by atoms with E-state index < -0.39 is 0 Å². The van der Waals surface area contributed by atoms with Crippen LogP contribution in [0.25, 0.3) is 16.2 Å². The van der Waals surface area contributed by atoms with Crippen LogP contribution in [0.4, 0.5) is 4.39 Å².